The van der Waals surface area contributed by atoms with Crippen LogP contribution in [0.2, 0.25) is 0 Å². The normalized spacial score (nSPS) is 12.0. The summed E-state index contributed by atoms with van der Waals surface area (Å²) in [6.07, 6.45) is 24.0. The first-order valence-corrected chi connectivity index (χ1v) is 12.6. The molecule has 0 nitrogen and oxygen atoms in total. The van der Waals surface area contributed by atoms with Crippen LogP contribution >= 0.6 is 7.26 Å². The molecule has 0 unspecified atom stereocenters. The van der Waals surface area contributed by atoms with E-state index < -0.39 is 7.26 Å². The topological polar surface area (TPSA) is 0 Å². The minimum Gasteiger partial charge on any atom is -0.0654 e. The molecule has 0 aliphatic heterocycles. The molecule has 0 atom stereocenters. The summed E-state index contributed by atoms with van der Waals surface area (Å²) in [7, 11) is -0.604. The minimum absolute atomic E-state index is 0.604. The SMILES string of the molecule is CCCCCCC[P+](CCC)(CCCCC)CCCCC. The summed E-state index contributed by atoms with van der Waals surface area (Å²) in [6.45, 7) is 9.44. The third-order valence-electron chi connectivity index (χ3n) is 4.91. The third-order valence-corrected chi connectivity index (χ3v) is 10.1. The molecule has 0 N–H and O–H groups in total. The van der Waals surface area contributed by atoms with Crippen molar-refractivity contribution >= 4 is 7.26 Å². The van der Waals surface area contributed by atoms with E-state index in [1.54, 1.807) is 24.6 Å². The lowest BCUT2D eigenvalue weighted by atomic mass is 10.2. The smallest absolute Gasteiger partial charge is 0.0594 e. The van der Waals surface area contributed by atoms with E-state index in [4.69, 9.17) is 0 Å². The van der Waals surface area contributed by atoms with E-state index in [0.29, 0.717) is 0 Å². The van der Waals surface area contributed by atoms with Gasteiger partial charge in [0.05, 0.1) is 24.6 Å². The van der Waals surface area contributed by atoms with Crippen LogP contribution in [0.1, 0.15) is 105 Å². The maximum Gasteiger partial charge on any atom is 0.0594 e. The van der Waals surface area contributed by atoms with E-state index in [1.165, 1.54) is 77.0 Å². The van der Waals surface area contributed by atoms with E-state index in [1.807, 2.05) is 0 Å². The van der Waals surface area contributed by atoms with Crippen molar-refractivity contribution in [3.05, 3.63) is 0 Å². The van der Waals surface area contributed by atoms with Gasteiger partial charge in [0.25, 0.3) is 0 Å². The van der Waals surface area contributed by atoms with Crippen molar-refractivity contribution in [1.29, 1.82) is 0 Å². The first kappa shape index (κ1) is 21.4. The quantitative estimate of drug-likeness (QED) is 0.201. The van der Waals surface area contributed by atoms with Crippen molar-refractivity contribution in [1.82, 2.24) is 0 Å². The summed E-state index contributed by atoms with van der Waals surface area (Å²) in [4.78, 5) is 0. The number of hydrogen-bond donors (Lipinski definition) is 0. The van der Waals surface area contributed by atoms with Crippen LogP contribution in [0.3, 0.4) is 0 Å². The van der Waals surface area contributed by atoms with Crippen molar-refractivity contribution in [3.8, 4) is 0 Å². The molecule has 21 heavy (non-hydrogen) atoms. The van der Waals surface area contributed by atoms with Gasteiger partial charge in [-0.3, -0.25) is 0 Å². The maximum atomic E-state index is 2.42. The highest BCUT2D eigenvalue weighted by Gasteiger charge is 2.34. The van der Waals surface area contributed by atoms with Gasteiger partial charge in [0.15, 0.2) is 0 Å². The molecule has 0 aromatic rings. The van der Waals surface area contributed by atoms with Crippen molar-refractivity contribution in [2.75, 3.05) is 24.6 Å². The number of unbranched alkanes of at least 4 members (excludes halogenated alkanes) is 8. The van der Waals surface area contributed by atoms with Crippen molar-refractivity contribution in [3.63, 3.8) is 0 Å². The van der Waals surface area contributed by atoms with Gasteiger partial charge in [0.2, 0.25) is 0 Å². The van der Waals surface area contributed by atoms with Gasteiger partial charge in [0, 0.05) is 7.26 Å². The molecule has 0 heterocycles. The zero-order valence-corrected chi connectivity index (χ0v) is 16.7. The Bertz CT molecular complexity index is 190. The molecule has 0 amide bonds. The average Bonchev–Trinajstić information content (AvgIpc) is 2.48. The zero-order chi connectivity index (χ0) is 15.8. The van der Waals surface area contributed by atoms with Gasteiger partial charge in [0.1, 0.15) is 0 Å². The van der Waals surface area contributed by atoms with Crippen LogP contribution in [0.5, 0.6) is 0 Å². The Hall–Kier alpha value is 0.430. The second kappa shape index (κ2) is 15.3. The molecular weight excluding hydrogens is 271 g/mol. The standard InChI is InChI=1S/C20H44P/c1-5-9-12-13-16-20-21(17-8-4,18-14-10-6-2)19-15-11-7-3/h5-20H2,1-4H3/q+1. The lowest BCUT2D eigenvalue weighted by Gasteiger charge is -2.28. The molecule has 0 saturated heterocycles. The van der Waals surface area contributed by atoms with Gasteiger partial charge >= 0.3 is 0 Å². The summed E-state index contributed by atoms with van der Waals surface area (Å²) in [5.41, 5.74) is 0. The Morgan fingerprint density at radius 2 is 0.762 bits per heavy atom. The van der Waals surface area contributed by atoms with Crippen LogP contribution in [-0.2, 0) is 0 Å². The predicted molar refractivity (Wildman–Crippen MR) is 104 cm³/mol. The molecule has 0 bridgehead atoms. The van der Waals surface area contributed by atoms with Gasteiger partial charge in [-0.15, -0.1) is 0 Å². The molecule has 0 aromatic carbocycles. The first-order chi connectivity index (χ1) is 10.2. The Morgan fingerprint density at radius 3 is 1.19 bits per heavy atom. The van der Waals surface area contributed by atoms with Crippen LogP contribution in [0.15, 0.2) is 0 Å². The summed E-state index contributed by atoms with van der Waals surface area (Å²) < 4.78 is 0. The highest BCUT2D eigenvalue weighted by Crippen LogP contribution is 2.61. The third kappa shape index (κ3) is 11.6. The van der Waals surface area contributed by atoms with E-state index in [9.17, 15) is 0 Å². The van der Waals surface area contributed by atoms with E-state index >= 15 is 0 Å². The number of rotatable bonds is 16. The van der Waals surface area contributed by atoms with Gasteiger partial charge in [-0.05, 0) is 32.1 Å². The molecule has 0 aliphatic carbocycles. The molecule has 128 valence electrons. The minimum atomic E-state index is -0.604. The molecule has 0 spiro atoms. The van der Waals surface area contributed by atoms with Crippen LogP contribution in [0, 0.1) is 0 Å². The molecule has 0 aromatic heterocycles. The highest BCUT2D eigenvalue weighted by molar-refractivity contribution is 7.75. The second-order valence-electron chi connectivity index (χ2n) is 7.06. The molecule has 1 heteroatoms. The van der Waals surface area contributed by atoms with Crippen molar-refractivity contribution < 1.29 is 0 Å². The Labute approximate surface area is 137 Å². The summed E-state index contributed by atoms with van der Waals surface area (Å²) in [6, 6.07) is 0. The fraction of sp³-hybridized carbons (Fsp3) is 1.00. The second-order valence-corrected chi connectivity index (χ2v) is 11.5. The lowest BCUT2D eigenvalue weighted by molar-refractivity contribution is 0.655. The monoisotopic (exact) mass is 315 g/mol. The fourth-order valence-corrected chi connectivity index (χ4v) is 8.56. The summed E-state index contributed by atoms with van der Waals surface area (Å²) in [5, 5.41) is 0. The van der Waals surface area contributed by atoms with Gasteiger partial charge in [-0.2, -0.15) is 0 Å². The molecule has 0 radical (unpaired) electrons. The highest BCUT2D eigenvalue weighted by atomic mass is 31.2. The summed E-state index contributed by atoms with van der Waals surface area (Å²) in [5.74, 6) is 0. The van der Waals surface area contributed by atoms with Crippen molar-refractivity contribution in [2.24, 2.45) is 0 Å². The molecule has 0 saturated carbocycles. The van der Waals surface area contributed by atoms with Gasteiger partial charge < -0.3 is 0 Å². The van der Waals surface area contributed by atoms with Crippen molar-refractivity contribution in [2.45, 2.75) is 105 Å². The summed E-state index contributed by atoms with van der Waals surface area (Å²) >= 11 is 0. The van der Waals surface area contributed by atoms with Crippen LogP contribution in [-0.4, -0.2) is 24.6 Å². The van der Waals surface area contributed by atoms with E-state index in [-0.39, 0.29) is 0 Å². The van der Waals surface area contributed by atoms with Gasteiger partial charge in [-0.25, -0.2) is 0 Å². The predicted octanol–water partition coefficient (Wildman–Crippen LogP) is 7.76. The maximum absolute atomic E-state index is 2.42. The molecule has 0 aliphatic rings. The Morgan fingerprint density at radius 1 is 0.381 bits per heavy atom. The average molecular weight is 316 g/mol. The van der Waals surface area contributed by atoms with Crippen LogP contribution in [0.4, 0.5) is 0 Å². The Kier molecular flexibility index (Phi) is 15.6. The number of hydrogen-bond acceptors (Lipinski definition) is 0. The molecule has 0 fully saturated rings. The van der Waals surface area contributed by atoms with E-state index in [2.05, 4.69) is 27.7 Å². The lowest BCUT2D eigenvalue weighted by Crippen LogP contribution is -2.12. The van der Waals surface area contributed by atoms with Gasteiger partial charge in [-0.1, -0.05) is 72.6 Å². The zero-order valence-electron chi connectivity index (χ0n) is 15.8. The first-order valence-electron chi connectivity index (χ1n) is 10.1. The molecule has 0 rings (SSSR count). The largest absolute Gasteiger partial charge is 0.0654 e. The van der Waals surface area contributed by atoms with Crippen LogP contribution in [0.25, 0.3) is 0 Å². The van der Waals surface area contributed by atoms with Crippen LogP contribution < -0.4 is 0 Å². The molecular formula is C20H44P+. The van der Waals surface area contributed by atoms with E-state index in [0.717, 1.165) is 0 Å². The Balaban J connectivity index is 4.34. The fourth-order valence-electron chi connectivity index (χ4n) is 3.59.